The molecule has 0 amide bonds. The van der Waals surface area contributed by atoms with E-state index in [1.165, 1.54) is 218 Å². The van der Waals surface area contributed by atoms with E-state index in [1.54, 1.807) is 0 Å². The molecular formula is C79H154O17P2. The number of unbranched alkanes of at least 4 members (excludes halogenated alkanes) is 44. The Labute approximate surface area is 600 Å². The van der Waals surface area contributed by atoms with Crippen molar-refractivity contribution in [3.63, 3.8) is 0 Å². The summed E-state index contributed by atoms with van der Waals surface area (Å²) in [5.74, 6) is 0.268. The third-order valence-corrected chi connectivity index (χ3v) is 20.6. The predicted octanol–water partition coefficient (Wildman–Crippen LogP) is 23.4. The standard InChI is InChI=1S/C79H154O17P2/c1-8-10-11-12-13-14-15-24-32-39-46-53-60-76(81)89-67-75(96-79(84)63-56-49-42-35-28-27-31-38-45-52-59-72(7)9-2)69-94-98(87,88)92-65-73(80)64-91-97(85,86)93-68-74(66-90-77(82)61-54-47-40-33-25-21-20-23-30-37-44-51-58-71(5)6)95-78(83)62-55-48-41-34-26-19-17-16-18-22-29-36-43-50-57-70(3)4/h70-75,80H,8-69H2,1-7H3,(H,85,86)(H,87,88)/t72?,73-,74-,75-/m1/s1. The van der Waals surface area contributed by atoms with Crippen LogP contribution in [0, 0.1) is 17.8 Å². The highest BCUT2D eigenvalue weighted by molar-refractivity contribution is 7.47. The van der Waals surface area contributed by atoms with Gasteiger partial charge >= 0.3 is 39.5 Å². The summed E-state index contributed by atoms with van der Waals surface area (Å²) in [6, 6.07) is 0. The Bertz CT molecular complexity index is 1910. The minimum Gasteiger partial charge on any atom is -0.462 e. The second kappa shape index (κ2) is 69.4. The zero-order valence-electron chi connectivity index (χ0n) is 64.3. The smallest absolute Gasteiger partial charge is 0.462 e. The number of phosphoric ester groups is 2. The van der Waals surface area contributed by atoms with Crippen molar-refractivity contribution in [3.8, 4) is 0 Å². The van der Waals surface area contributed by atoms with Crippen LogP contribution in [0.4, 0.5) is 0 Å². The lowest BCUT2D eigenvalue weighted by atomic mass is 9.99. The zero-order chi connectivity index (χ0) is 72.3. The van der Waals surface area contributed by atoms with Gasteiger partial charge in [-0.05, 0) is 43.4 Å². The Hall–Kier alpha value is -1.94. The van der Waals surface area contributed by atoms with Gasteiger partial charge in [-0.1, -0.05) is 357 Å². The molecule has 0 rings (SSSR count). The number of rotatable bonds is 77. The average Bonchev–Trinajstić information content (AvgIpc) is 0.936. The second-order valence-electron chi connectivity index (χ2n) is 29.6. The minimum atomic E-state index is -4.96. The molecule has 3 unspecified atom stereocenters. The molecule has 17 nitrogen and oxygen atoms in total. The summed E-state index contributed by atoms with van der Waals surface area (Å²) in [5.41, 5.74) is 0. The molecule has 582 valence electrons. The number of carbonyl (C=O) groups excluding carboxylic acids is 4. The molecule has 98 heavy (non-hydrogen) atoms. The van der Waals surface area contributed by atoms with Crippen LogP contribution in [0.25, 0.3) is 0 Å². The first-order valence-corrected chi connectivity index (χ1v) is 43.9. The molecule has 6 atom stereocenters. The van der Waals surface area contributed by atoms with Crippen molar-refractivity contribution in [2.75, 3.05) is 39.6 Å². The molecule has 0 heterocycles. The number of aliphatic hydroxyl groups excluding tert-OH is 1. The van der Waals surface area contributed by atoms with Gasteiger partial charge in [0.15, 0.2) is 12.2 Å². The van der Waals surface area contributed by atoms with E-state index < -0.39 is 97.5 Å². The van der Waals surface area contributed by atoms with Gasteiger partial charge in [0.25, 0.3) is 0 Å². The monoisotopic (exact) mass is 1440 g/mol. The second-order valence-corrected chi connectivity index (χ2v) is 32.6. The van der Waals surface area contributed by atoms with E-state index in [1.807, 2.05) is 0 Å². The largest absolute Gasteiger partial charge is 0.472 e. The summed E-state index contributed by atoms with van der Waals surface area (Å²) >= 11 is 0. The van der Waals surface area contributed by atoms with Gasteiger partial charge in [-0.3, -0.25) is 37.3 Å². The quantitative estimate of drug-likeness (QED) is 0.0222. The lowest BCUT2D eigenvalue weighted by Crippen LogP contribution is -2.30. The fourth-order valence-corrected chi connectivity index (χ4v) is 13.7. The summed E-state index contributed by atoms with van der Waals surface area (Å²) in [7, 11) is -9.92. The Kier molecular flexibility index (Phi) is 68.1. The van der Waals surface area contributed by atoms with Gasteiger partial charge in [0.2, 0.25) is 0 Å². The maximum Gasteiger partial charge on any atom is 0.472 e. The summed E-state index contributed by atoms with van der Waals surface area (Å²) < 4.78 is 68.7. The van der Waals surface area contributed by atoms with Gasteiger partial charge < -0.3 is 33.8 Å². The van der Waals surface area contributed by atoms with E-state index in [9.17, 15) is 43.2 Å². The van der Waals surface area contributed by atoms with Crippen molar-refractivity contribution in [2.24, 2.45) is 17.8 Å². The van der Waals surface area contributed by atoms with E-state index in [0.717, 1.165) is 108 Å². The van der Waals surface area contributed by atoms with E-state index in [0.29, 0.717) is 25.7 Å². The van der Waals surface area contributed by atoms with Crippen LogP contribution in [0.15, 0.2) is 0 Å². The normalized spacial score (nSPS) is 14.3. The SMILES string of the molecule is CCCCCCCCCCCCCCC(=O)OC[C@H](COP(=O)(O)OC[C@H](O)COP(=O)(O)OC[C@@H](COC(=O)CCCCCCCCCCCCCCC(C)C)OC(=O)CCCCCCCCCCCCCCCCC(C)C)OC(=O)CCCCCCCCCCCCC(C)CC. The number of hydrogen-bond donors (Lipinski definition) is 3. The van der Waals surface area contributed by atoms with Gasteiger partial charge in [-0.15, -0.1) is 0 Å². The summed E-state index contributed by atoms with van der Waals surface area (Å²) in [6.45, 7) is 12.0. The highest BCUT2D eigenvalue weighted by Gasteiger charge is 2.30. The number of esters is 4. The van der Waals surface area contributed by atoms with Crippen molar-refractivity contribution >= 4 is 39.5 Å². The van der Waals surface area contributed by atoms with Gasteiger partial charge in [0.1, 0.15) is 19.3 Å². The van der Waals surface area contributed by atoms with Crippen LogP contribution in [0.1, 0.15) is 408 Å². The molecule has 0 aromatic rings. The van der Waals surface area contributed by atoms with Crippen molar-refractivity contribution in [1.82, 2.24) is 0 Å². The van der Waals surface area contributed by atoms with E-state index >= 15 is 0 Å². The van der Waals surface area contributed by atoms with Crippen LogP contribution in [0.3, 0.4) is 0 Å². The lowest BCUT2D eigenvalue weighted by Gasteiger charge is -2.21. The molecular weight excluding hydrogens is 1280 g/mol. The van der Waals surface area contributed by atoms with Crippen LogP contribution in [-0.2, 0) is 65.4 Å². The number of hydrogen-bond acceptors (Lipinski definition) is 15. The number of aliphatic hydroxyl groups is 1. The molecule has 0 saturated heterocycles. The van der Waals surface area contributed by atoms with Crippen LogP contribution >= 0.6 is 15.6 Å². The van der Waals surface area contributed by atoms with E-state index in [4.69, 9.17) is 37.0 Å². The first kappa shape index (κ1) is 96.1. The molecule has 0 aliphatic heterocycles. The molecule has 0 aromatic carbocycles. The fourth-order valence-electron chi connectivity index (χ4n) is 12.1. The van der Waals surface area contributed by atoms with E-state index in [2.05, 4.69) is 48.5 Å². The Morgan fingerprint density at radius 2 is 0.520 bits per heavy atom. The lowest BCUT2D eigenvalue weighted by molar-refractivity contribution is -0.161. The molecule has 0 aromatic heterocycles. The molecule has 0 bridgehead atoms. The molecule has 0 radical (unpaired) electrons. The van der Waals surface area contributed by atoms with Crippen molar-refractivity contribution in [1.29, 1.82) is 0 Å². The van der Waals surface area contributed by atoms with E-state index in [-0.39, 0.29) is 25.7 Å². The molecule has 0 fully saturated rings. The average molecular weight is 1440 g/mol. The van der Waals surface area contributed by atoms with Crippen LogP contribution in [0.5, 0.6) is 0 Å². The minimum absolute atomic E-state index is 0.106. The first-order valence-electron chi connectivity index (χ1n) is 40.9. The van der Waals surface area contributed by atoms with Gasteiger partial charge in [0.05, 0.1) is 26.4 Å². The number of phosphoric acid groups is 2. The van der Waals surface area contributed by atoms with Crippen LogP contribution in [-0.4, -0.2) is 96.7 Å². The van der Waals surface area contributed by atoms with Gasteiger partial charge in [-0.2, -0.15) is 0 Å². The number of ether oxygens (including phenoxy) is 4. The summed E-state index contributed by atoms with van der Waals surface area (Å²) in [6.07, 6.45) is 56.6. The highest BCUT2D eigenvalue weighted by atomic mass is 31.2. The molecule has 0 aliphatic rings. The molecule has 0 saturated carbocycles. The Morgan fingerprint density at radius 1 is 0.296 bits per heavy atom. The third kappa shape index (κ3) is 71.1. The Balaban J connectivity index is 5.27. The van der Waals surface area contributed by atoms with Crippen molar-refractivity contribution in [3.05, 3.63) is 0 Å². The third-order valence-electron chi connectivity index (χ3n) is 18.7. The van der Waals surface area contributed by atoms with Gasteiger partial charge in [0, 0.05) is 25.7 Å². The maximum atomic E-state index is 13.1. The summed E-state index contributed by atoms with van der Waals surface area (Å²) in [5, 5.41) is 10.6. The predicted molar refractivity (Wildman–Crippen MR) is 400 cm³/mol. The zero-order valence-corrected chi connectivity index (χ0v) is 66.0. The van der Waals surface area contributed by atoms with Gasteiger partial charge in [-0.25, -0.2) is 9.13 Å². The van der Waals surface area contributed by atoms with Crippen molar-refractivity contribution in [2.45, 2.75) is 426 Å². The maximum absolute atomic E-state index is 13.1. The molecule has 19 heteroatoms. The first-order chi connectivity index (χ1) is 47.3. The van der Waals surface area contributed by atoms with Crippen LogP contribution in [0.2, 0.25) is 0 Å². The highest BCUT2D eigenvalue weighted by Crippen LogP contribution is 2.45. The summed E-state index contributed by atoms with van der Waals surface area (Å²) in [4.78, 5) is 73.0. The number of carbonyl (C=O) groups is 4. The van der Waals surface area contributed by atoms with Crippen molar-refractivity contribution < 1.29 is 80.2 Å². The molecule has 0 aliphatic carbocycles. The Morgan fingerprint density at radius 3 is 0.776 bits per heavy atom. The van der Waals surface area contributed by atoms with Crippen LogP contribution < -0.4 is 0 Å². The fraction of sp³-hybridized carbons (Fsp3) is 0.949. The molecule has 0 spiro atoms. The molecule has 3 N–H and O–H groups in total. The topological polar surface area (TPSA) is 237 Å².